The van der Waals surface area contributed by atoms with Crippen molar-refractivity contribution >= 4 is 23.4 Å². The van der Waals surface area contributed by atoms with Crippen molar-refractivity contribution in [3.63, 3.8) is 0 Å². The monoisotopic (exact) mass is 372 g/mol. The summed E-state index contributed by atoms with van der Waals surface area (Å²) in [5.41, 5.74) is 1.75. The minimum Gasteiger partial charge on any atom is -0.497 e. The van der Waals surface area contributed by atoms with Gasteiger partial charge in [-0.15, -0.1) is 0 Å². The molecule has 2 atom stereocenters. The molecule has 0 saturated carbocycles. The fourth-order valence-electron chi connectivity index (χ4n) is 3.06. The van der Waals surface area contributed by atoms with E-state index in [-0.39, 0.29) is 11.7 Å². The van der Waals surface area contributed by atoms with E-state index in [4.69, 9.17) is 4.74 Å². The zero-order valence-corrected chi connectivity index (χ0v) is 16.1. The number of Topliss-reactive ketones (excluding diaryl/α,β-unsaturated/α-hetero) is 1. The molecule has 5 nitrogen and oxygen atoms in total. The van der Waals surface area contributed by atoms with Gasteiger partial charge in [-0.2, -0.15) is 0 Å². The Morgan fingerprint density at radius 3 is 2.50 bits per heavy atom. The van der Waals surface area contributed by atoms with Crippen LogP contribution in [0, 0.1) is 0 Å². The van der Waals surface area contributed by atoms with Crippen molar-refractivity contribution in [2.45, 2.75) is 23.5 Å². The molecule has 0 spiro atoms. The normalized spacial score (nSPS) is 20.0. The summed E-state index contributed by atoms with van der Waals surface area (Å²) in [6.07, 6.45) is -0.523. The predicted octanol–water partition coefficient (Wildman–Crippen LogP) is 3.15. The van der Waals surface area contributed by atoms with E-state index in [0.29, 0.717) is 6.42 Å². The van der Waals surface area contributed by atoms with Crippen LogP contribution in [0.15, 0.2) is 53.4 Å². The molecule has 0 saturated heterocycles. The number of rotatable bonds is 5. The SMILES string of the molecule is COc1ccc(N2Sc3ccccc3[C@H](CCN(C)C)C(=O)[C@@H]2O)cc1. The molecule has 0 radical (unpaired) electrons. The summed E-state index contributed by atoms with van der Waals surface area (Å²) < 4.78 is 6.87. The Hall–Kier alpha value is -2.02. The van der Waals surface area contributed by atoms with E-state index in [2.05, 4.69) is 4.90 Å². The molecule has 3 rings (SSSR count). The van der Waals surface area contributed by atoms with Crippen molar-refractivity contribution in [1.29, 1.82) is 0 Å². The number of methoxy groups -OCH3 is 1. The maximum atomic E-state index is 13.1. The smallest absolute Gasteiger partial charge is 0.197 e. The number of aliphatic hydroxyl groups is 1. The fraction of sp³-hybridized carbons (Fsp3) is 0.350. The maximum absolute atomic E-state index is 13.1. The minimum absolute atomic E-state index is 0.167. The van der Waals surface area contributed by atoms with Crippen LogP contribution in [0.2, 0.25) is 0 Å². The highest BCUT2D eigenvalue weighted by molar-refractivity contribution is 8.00. The zero-order chi connectivity index (χ0) is 18.7. The van der Waals surface area contributed by atoms with E-state index in [1.807, 2.05) is 62.6 Å². The van der Waals surface area contributed by atoms with Crippen LogP contribution in [0.5, 0.6) is 5.75 Å². The molecular weight excluding hydrogens is 348 g/mol. The fourth-order valence-corrected chi connectivity index (χ4v) is 4.16. The van der Waals surface area contributed by atoms with E-state index >= 15 is 0 Å². The Balaban J connectivity index is 1.97. The van der Waals surface area contributed by atoms with Crippen molar-refractivity contribution in [3.8, 4) is 5.75 Å². The Kier molecular flexibility index (Phi) is 5.86. The van der Waals surface area contributed by atoms with Crippen LogP contribution in [-0.4, -0.2) is 49.8 Å². The number of ether oxygens (including phenoxy) is 1. The summed E-state index contributed by atoms with van der Waals surface area (Å²) in [7, 11) is 5.59. The van der Waals surface area contributed by atoms with E-state index < -0.39 is 6.23 Å². The maximum Gasteiger partial charge on any atom is 0.197 e. The Morgan fingerprint density at radius 1 is 1.15 bits per heavy atom. The van der Waals surface area contributed by atoms with Gasteiger partial charge in [-0.25, -0.2) is 0 Å². The zero-order valence-electron chi connectivity index (χ0n) is 15.3. The van der Waals surface area contributed by atoms with Crippen LogP contribution in [0.1, 0.15) is 17.9 Å². The molecule has 0 fully saturated rings. The number of hydrogen-bond donors (Lipinski definition) is 1. The molecule has 2 aromatic rings. The van der Waals surface area contributed by atoms with E-state index in [9.17, 15) is 9.90 Å². The quantitative estimate of drug-likeness (QED) is 0.814. The summed E-state index contributed by atoms with van der Waals surface area (Å²) in [5, 5.41) is 10.8. The van der Waals surface area contributed by atoms with Crippen LogP contribution >= 0.6 is 11.9 Å². The largest absolute Gasteiger partial charge is 0.497 e. The third-order valence-corrected chi connectivity index (χ3v) is 5.68. The number of anilines is 1. The standard InChI is InChI=1S/C20H24N2O3S/c1-21(2)13-12-17-16-6-4-5-7-18(16)26-22(20(24)19(17)23)14-8-10-15(25-3)11-9-14/h4-11,17,20,24H,12-13H2,1-3H3/t17-,20-/m0/s1. The summed E-state index contributed by atoms with van der Waals surface area (Å²) >= 11 is 1.40. The second kappa shape index (κ2) is 8.12. The number of aliphatic hydroxyl groups excluding tert-OH is 1. The topological polar surface area (TPSA) is 53.0 Å². The van der Waals surface area contributed by atoms with Gasteiger partial charge in [-0.1, -0.05) is 18.2 Å². The summed E-state index contributed by atoms with van der Waals surface area (Å²) in [5.74, 6) is 0.248. The van der Waals surface area contributed by atoms with Crippen LogP contribution in [0.25, 0.3) is 0 Å². The van der Waals surface area contributed by atoms with Crippen molar-refractivity contribution in [2.75, 3.05) is 32.1 Å². The molecule has 0 aliphatic carbocycles. The molecule has 1 aliphatic heterocycles. The van der Waals surface area contributed by atoms with Gasteiger partial charge in [0, 0.05) is 10.8 Å². The lowest BCUT2D eigenvalue weighted by Gasteiger charge is -2.26. The van der Waals surface area contributed by atoms with Crippen molar-refractivity contribution < 1.29 is 14.6 Å². The molecule has 0 bridgehead atoms. The highest BCUT2D eigenvalue weighted by Gasteiger charge is 2.36. The highest BCUT2D eigenvalue weighted by atomic mass is 32.2. The van der Waals surface area contributed by atoms with E-state index in [0.717, 1.165) is 28.4 Å². The van der Waals surface area contributed by atoms with Gasteiger partial charge in [0.1, 0.15) is 5.75 Å². The molecule has 138 valence electrons. The first-order valence-electron chi connectivity index (χ1n) is 8.58. The van der Waals surface area contributed by atoms with Crippen molar-refractivity contribution in [1.82, 2.24) is 4.90 Å². The average Bonchev–Trinajstić information content (AvgIpc) is 2.76. The van der Waals surface area contributed by atoms with Gasteiger partial charge in [0.2, 0.25) is 0 Å². The molecule has 1 aliphatic rings. The van der Waals surface area contributed by atoms with Crippen LogP contribution in [0.3, 0.4) is 0 Å². The number of hydrogen-bond acceptors (Lipinski definition) is 6. The lowest BCUT2D eigenvalue weighted by molar-refractivity contribution is -0.128. The third-order valence-electron chi connectivity index (χ3n) is 4.50. The first kappa shape index (κ1) is 18.8. The molecule has 26 heavy (non-hydrogen) atoms. The molecule has 0 unspecified atom stereocenters. The first-order chi connectivity index (χ1) is 12.5. The number of nitrogens with zero attached hydrogens (tertiary/aromatic N) is 2. The second-order valence-corrected chi connectivity index (χ2v) is 7.59. The number of benzene rings is 2. The van der Waals surface area contributed by atoms with Gasteiger partial charge in [0.05, 0.1) is 12.8 Å². The highest BCUT2D eigenvalue weighted by Crippen LogP contribution is 2.41. The Morgan fingerprint density at radius 2 is 1.85 bits per heavy atom. The lowest BCUT2D eigenvalue weighted by Crippen LogP contribution is -2.38. The van der Waals surface area contributed by atoms with Crippen LogP contribution in [0.4, 0.5) is 5.69 Å². The molecule has 6 heteroatoms. The van der Waals surface area contributed by atoms with E-state index in [1.165, 1.54) is 11.9 Å². The minimum atomic E-state index is -1.20. The molecule has 0 aromatic heterocycles. The van der Waals surface area contributed by atoms with E-state index in [1.54, 1.807) is 11.4 Å². The van der Waals surface area contributed by atoms with Gasteiger partial charge in [0.25, 0.3) is 0 Å². The number of fused-ring (bicyclic) bond motifs is 1. The summed E-state index contributed by atoms with van der Waals surface area (Å²) in [6, 6.07) is 15.3. The lowest BCUT2D eigenvalue weighted by atomic mass is 9.90. The summed E-state index contributed by atoms with van der Waals surface area (Å²) in [6.45, 7) is 0.782. The average molecular weight is 372 g/mol. The second-order valence-electron chi connectivity index (χ2n) is 6.57. The molecule has 0 amide bonds. The van der Waals surface area contributed by atoms with Gasteiger partial charge < -0.3 is 14.7 Å². The Bertz CT molecular complexity index is 764. The first-order valence-corrected chi connectivity index (χ1v) is 9.35. The molecule has 2 aromatic carbocycles. The third kappa shape index (κ3) is 3.87. The molecular formula is C20H24N2O3S. The number of ketones is 1. The van der Waals surface area contributed by atoms with Gasteiger partial charge in [0.15, 0.2) is 12.0 Å². The molecule has 1 heterocycles. The van der Waals surface area contributed by atoms with Crippen molar-refractivity contribution in [3.05, 3.63) is 54.1 Å². The van der Waals surface area contributed by atoms with Gasteiger partial charge in [-0.3, -0.25) is 9.10 Å². The molecule has 1 N–H and O–H groups in total. The van der Waals surface area contributed by atoms with Crippen molar-refractivity contribution in [2.24, 2.45) is 0 Å². The number of carbonyl (C=O) groups is 1. The predicted molar refractivity (Wildman–Crippen MR) is 105 cm³/mol. The van der Waals surface area contributed by atoms with Gasteiger partial charge in [-0.05, 0) is 74.9 Å². The van der Waals surface area contributed by atoms with Gasteiger partial charge >= 0.3 is 0 Å². The van der Waals surface area contributed by atoms with Crippen LogP contribution in [-0.2, 0) is 4.79 Å². The van der Waals surface area contributed by atoms with Crippen LogP contribution < -0.4 is 9.04 Å². The number of carbonyl (C=O) groups excluding carboxylic acids is 1. The Labute approximate surface area is 158 Å². The summed E-state index contributed by atoms with van der Waals surface area (Å²) in [4.78, 5) is 16.1.